The van der Waals surface area contributed by atoms with Crippen LogP contribution in [0, 0.1) is 0 Å². The van der Waals surface area contributed by atoms with E-state index in [1.54, 1.807) is 11.5 Å². The topological polar surface area (TPSA) is 119 Å². The summed E-state index contributed by atoms with van der Waals surface area (Å²) in [4.78, 5) is 11.9. The van der Waals surface area contributed by atoms with Crippen LogP contribution in [0.3, 0.4) is 0 Å². The summed E-state index contributed by atoms with van der Waals surface area (Å²) in [5.41, 5.74) is 6.68. The maximum Gasteiger partial charge on any atom is 0.183 e. The first-order chi connectivity index (χ1) is 8.59. The Hall–Kier alpha value is -1.77. The molecule has 0 bridgehead atoms. The molecule has 0 amide bonds. The van der Waals surface area contributed by atoms with Crippen LogP contribution in [0.2, 0.25) is 0 Å². The predicted molar refractivity (Wildman–Crippen MR) is 61.3 cm³/mol. The molecule has 4 unspecified atom stereocenters. The number of aliphatic hydroxyl groups excluding tert-OH is 2. The van der Waals surface area contributed by atoms with Gasteiger partial charge in [-0.05, 0) is 6.92 Å². The molecule has 2 aromatic rings. The van der Waals surface area contributed by atoms with E-state index in [9.17, 15) is 10.2 Å². The number of nitrogens with two attached hydrogens (primary N) is 1. The van der Waals surface area contributed by atoms with Crippen molar-refractivity contribution in [2.24, 2.45) is 0 Å². The van der Waals surface area contributed by atoms with Crippen LogP contribution in [0.5, 0.6) is 0 Å². The van der Waals surface area contributed by atoms with Gasteiger partial charge < -0.3 is 20.7 Å². The van der Waals surface area contributed by atoms with Crippen molar-refractivity contribution >= 4 is 17.0 Å². The van der Waals surface area contributed by atoms with Gasteiger partial charge in [-0.3, -0.25) is 4.57 Å². The van der Waals surface area contributed by atoms with Crippen LogP contribution >= 0.6 is 0 Å². The van der Waals surface area contributed by atoms with Gasteiger partial charge in [-0.25, -0.2) is 15.0 Å². The van der Waals surface area contributed by atoms with E-state index in [1.807, 2.05) is 0 Å². The molecule has 96 valence electrons. The number of hydrogen-bond acceptors (Lipinski definition) is 7. The molecule has 1 saturated heterocycles. The van der Waals surface area contributed by atoms with Crippen LogP contribution in [0.25, 0.3) is 11.2 Å². The molecular formula is C10H13N5O3. The van der Waals surface area contributed by atoms with E-state index in [1.165, 1.54) is 12.7 Å². The number of hydrogen-bond donors (Lipinski definition) is 3. The van der Waals surface area contributed by atoms with Crippen molar-refractivity contribution in [1.29, 1.82) is 0 Å². The van der Waals surface area contributed by atoms with E-state index in [2.05, 4.69) is 15.0 Å². The van der Waals surface area contributed by atoms with Gasteiger partial charge in [-0.15, -0.1) is 0 Å². The molecule has 0 aromatic carbocycles. The molecule has 3 rings (SSSR count). The monoisotopic (exact) mass is 251 g/mol. The summed E-state index contributed by atoms with van der Waals surface area (Å²) in [6.45, 7) is 1.69. The number of imidazole rings is 1. The van der Waals surface area contributed by atoms with Crippen LogP contribution in [-0.4, -0.2) is 48.0 Å². The quantitative estimate of drug-likeness (QED) is 0.597. The number of fused-ring (bicyclic) bond motifs is 1. The van der Waals surface area contributed by atoms with Crippen molar-refractivity contribution in [3.05, 3.63) is 12.7 Å². The van der Waals surface area contributed by atoms with Gasteiger partial charge in [0.2, 0.25) is 0 Å². The summed E-state index contributed by atoms with van der Waals surface area (Å²) in [6, 6.07) is 0. The van der Waals surface area contributed by atoms with Crippen molar-refractivity contribution in [2.75, 3.05) is 5.73 Å². The smallest absolute Gasteiger partial charge is 0.183 e. The highest BCUT2D eigenvalue weighted by atomic mass is 16.6. The number of aromatic nitrogens is 4. The zero-order valence-corrected chi connectivity index (χ0v) is 9.63. The van der Waals surface area contributed by atoms with E-state index in [4.69, 9.17) is 10.5 Å². The Kier molecular flexibility index (Phi) is 2.44. The van der Waals surface area contributed by atoms with Crippen LogP contribution in [-0.2, 0) is 4.74 Å². The average Bonchev–Trinajstić information content (AvgIpc) is 2.88. The molecular weight excluding hydrogens is 238 g/mol. The Balaban J connectivity index is 2.10. The molecule has 8 heteroatoms. The maximum atomic E-state index is 9.94. The van der Waals surface area contributed by atoms with Gasteiger partial charge in [0.05, 0.1) is 6.10 Å². The highest BCUT2D eigenvalue weighted by Crippen LogP contribution is 2.32. The minimum atomic E-state index is -1.04. The number of nitrogen functional groups attached to an aromatic ring is 1. The molecule has 0 spiro atoms. The van der Waals surface area contributed by atoms with Gasteiger partial charge in [-0.2, -0.15) is 0 Å². The fraction of sp³-hybridized carbons (Fsp3) is 0.500. The first kappa shape index (κ1) is 11.3. The first-order valence-corrected chi connectivity index (χ1v) is 5.54. The molecule has 4 atom stereocenters. The van der Waals surface area contributed by atoms with Gasteiger partial charge in [0.15, 0.2) is 17.7 Å². The molecule has 1 aliphatic rings. The number of rotatable bonds is 1. The summed E-state index contributed by atoms with van der Waals surface area (Å²) in [7, 11) is 0. The molecule has 18 heavy (non-hydrogen) atoms. The van der Waals surface area contributed by atoms with Gasteiger partial charge in [0.1, 0.15) is 30.4 Å². The summed E-state index contributed by atoms with van der Waals surface area (Å²) < 4.78 is 7.05. The minimum absolute atomic E-state index is 0.252. The number of anilines is 1. The van der Waals surface area contributed by atoms with Gasteiger partial charge >= 0.3 is 0 Å². The van der Waals surface area contributed by atoms with Gasteiger partial charge in [0.25, 0.3) is 0 Å². The van der Waals surface area contributed by atoms with Crippen molar-refractivity contribution in [3.8, 4) is 0 Å². The SMILES string of the molecule is CC1OC(n2cnc3ncnc(N)c32)C(O)C1O. The van der Waals surface area contributed by atoms with Crippen molar-refractivity contribution in [3.63, 3.8) is 0 Å². The highest BCUT2D eigenvalue weighted by Gasteiger charge is 2.42. The Morgan fingerprint density at radius 2 is 2.06 bits per heavy atom. The van der Waals surface area contributed by atoms with E-state index in [-0.39, 0.29) is 5.82 Å². The zero-order chi connectivity index (χ0) is 12.9. The number of aliphatic hydroxyl groups is 2. The molecule has 1 aliphatic heterocycles. The van der Waals surface area contributed by atoms with Crippen molar-refractivity contribution < 1.29 is 14.9 Å². The normalized spacial score (nSPS) is 32.2. The molecule has 3 heterocycles. The zero-order valence-electron chi connectivity index (χ0n) is 9.63. The van der Waals surface area contributed by atoms with Crippen molar-refractivity contribution in [2.45, 2.75) is 31.5 Å². The largest absolute Gasteiger partial charge is 0.388 e. The predicted octanol–water partition coefficient (Wildman–Crippen LogP) is -0.952. The molecule has 1 fully saturated rings. The van der Waals surface area contributed by atoms with E-state index >= 15 is 0 Å². The molecule has 0 radical (unpaired) electrons. The lowest BCUT2D eigenvalue weighted by atomic mass is 10.1. The third kappa shape index (κ3) is 1.47. The lowest BCUT2D eigenvalue weighted by Gasteiger charge is -2.17. The van der Waals surface area contributed by atoms with Crippen molar-refractivity contribution in [1.82, 2.24) is 19.5 Å². The average molecular weight is 251 g/mol. The summed E-state index contributed by atoms with van der Waals surface area (Å²) in [5.74, 6) is 0.252. The Labute approximate surface area is 102 Å². The van der Waals surface area contributed by atoms with Crippen LogP contribution in [0.15, 0.2) is 12.7 Å². The second-order valence-corrected chi connectivity index (χ2v) is 4.30. The molecule has 8 nitrogen and oxygen atoms in total. The fourth-order valence-electron chi connectivity index (χ4n) is 2.15. The Bertz CT molecular complexity index is 586. The molecule has 4 N–H and O–H groups in total. The van der Waals surface area contributed by atoms with E-state index < -0.39 is 24.5 Å². The number of ether oxygens (including phenoxy) is 1. The Morgan fingerprint density at radius 1 is 1.28 bits per heavy atom. The second kappa shape index (κ2) is 3.87. The molecule has 2 aromatic heterocycles. The minimum Gasteiger partial charge on any atom is -0.388 e. The standard InChI is InChI=1S/C10H13N5O3/c1-4-6(16)7(17)10(18-4)15-3-14-9-5(15)8(11)12-2-13-9/h2-4,6-7,10,16-17H,1H3,(H2,11,12,13). The Morgan fingerprint density at radius 3 is 2.72 bits per heavy atom. The third-order valence-electron chi connectivity index (χ3n) is 3.15. The maximum absolute atomic E-state index is 9.94. The third-order valence-corrected chi connectivity index (χ3v) is 3.15. The van der Waals surface area contributed by atoms with Gasteiger partial charge in [-0.1, -0.05) is 0 Å². The molecule has 0 saturated carbocycles. The first-order valence-electron chi connectivity index (χ1n) is 5.54. The van der Waals surface area contributed by atoms with E-state index in [0.717, 1.165) is 0 Å². The number of nitrogens with zero attached hydrogens (tertiary/aromatic N) is 4. The van der Waals surface area contributed by atoms with Crippen LogP contribution in [0.1, 0.15) is 13.2 Å². The molecule has 0 aliphatic carbocycles. The summed E-state index contributed by atoms with van der Waals surface area (Å²) in [6.07, 6.45) is -0.413. The van der Waals surface area contributed by atoms with Gasteiger partial charge in [0, 0.05) is 0 Å². The van der Waals surface area contributed by atoms with Crippen LogP contribution in [0.4, 0.5) is 5.82 Å². The summed E-state index contributed by atoms with van der Waals surface area (Å²) >= 11 is 0. The van der Waals surface area contributed by atoms with E-state index in [0.29, 0.717) is 11.2 Å². The lowest BCUT2D eigenvalue weighted by Crippen LogP contribution is -2.30. The van der Waals surface area contributed by atoms with Crippen LogP contribution < -0.4 is 5.73 Å². The lowest BCUT2D eigenvalue weighted by molar-refractivity contribution is -0.0296. The summed E-state index contributed by atoms with van der Waals surface area (Å²) in [5, 5.41) is 19.7. The highest BCUT2D eigenvalue weighted by molar-refractivity contribution is 5.81. The second-order valence-electron chi connectivity index (χ2n) is 4.30. The fourth-order valence-corrected chi connectivity index (χ4v) is 2.15.